The Morgan fingerprint density at radius 3 is 2.67 bits per heavy atom. The maximum atomic E-state index is 5.90. The van der Waals surface area contributed by atoms with Crippen molar-refractivity contribution in [3.8, 4) is 0 Å². The quantitative estimate of drug-likeness (QED) is 0.560. The van der Waals surface area contributed by atoms with Crippen LogP contribution < -0.4 is 11.5 Å². The summed E-state index contributed by atoms with van der Waals surface area (Å²) in [6.07, 6.45) is 6.91. The van der Waals surface area contributed by atoms with Crippen molar-refractivity contribution in [2.75, 3.05) is 11.5 Å². The molecule has 76 valence electrons. The van der Waals surface area contributed by atoms with Crippen molar-refractivity contribution < 1.29 is 0 Å². The normalized spacial score (nSPS) is 15.2. The number of hydrogen-bond donors (Lipinski definition) is 2. The molecule has 1 aromatic carbocycles. The molecule has 0 bridgehead atoms. The van der Waals surface area contributed by atoms with Gasteiger partial charge in [0.1, 0.15) is 0 Å². The number of thiocarbonyl (C=S) groups is 1. The molecule has 0 saturated heterocycles. The summed E-state index contributed by atoms with van der Waals surface area (Å²) in [5, 5.41) is 0. The van der Waals surface area contributed by atoms with Gasteiger partial charge in [-0.1, -0.05) is 30.4 Å². The zero-order valence-corrected chi connectivity index (χ0v) is 9.05. The Labute approximate surface area is 94.3 Å². The molecule has 0 aromatic heterocycles. The molecule has 3 heteroatoms. The van der Waals surface area contributed by atoms with E-state index in [0.717, 1.165) is 22.4 Å². The SMILES string of the molecule is Nc1ccc(C2=CC(=S)CC=C2)c(N)c1. The Hall–Kier alpha value is -1.61. The fraction of sp³-hybridized carbons (Fsp3) is 0.0833. The number of benzene rings is 1. The molecular formula is C12H12N2S. The minimum Gasteiger partial charge on any atom is -0.399 e. The smallest absolute Gasteiger partial charge is 0.0414 e. The molecule has 0 saturated carbocycles. The van der Waals surface area contributed by atoms with Crippen LogP contribution in [0.25, 0.3) is 5.57 Å². The molecule has 0 aliphatic heterocycles. The van der Waals surface area contributed by atoms with Gasteiger partial charge < -0.3 is 11.5 Å². The van der Waals surface area contributed by atoms with E-state index in [2.05, 4.69) is 0 Å². The predicted octanol–water partition coefficient (Wildman–Crippen LogP) is 2.56. The van der Waals surface area contributed by atoms with E-state index in [0.29, 0.717) is 11.4 Å². The number of anilines is 2. The molecule has 0 heterocycles. The maximum Gasteiger partial charge on any atom is 0.0414 e. The first-order valence-corrected chi connectivity index (χ1v) is 5.14. The minimum atomic E-state index is 0.680. The van der Waals surface area contributed by atoms with E-state index in [1.54, 1.807) is 6.07 Å². The lowest BCUT2D eigenvalue weighted by atomic mass is 9.98. The lowest BCUT2D eigenvalue weighted by Crippen LogP contribution is -1.99. The second kappa shape index (κ2) is 3.87. The Bertz CT molecular complexity index is 473. The Balaban J connectivity index is 2.46. The van der Waals surface area contributed by atoms with Gasteiger partial charge in [0.25, 0.3) is 0 Å². The lowest BCUT2D eigenvalue weighted by Gasteiger charge is -2.11. The number of hydrogen-bond acceptors (Lipinski definition) is 3. The highest BCUT2D eigenvalue weighted by atomic mass is 32.1. The average molecular weight is 216 g/mol. The highest BCUT2D eigenvalue weighted by molar-refractivity contribution is 7.80. The Kier molecular flexibility index (Phi) is 2.56. The second-order valence-corrected chi connectivity index (χ2v) is 4.04. The van der Waals surface area contributed by atoms with Gasteiger partial charge in [-0.05, 0) is 23.8 Å². The second-order valence-electron chi connectivity index (χ2n) is 3.52. The van der Waals surface area contributed by atoms with Gasteiger partial charge in [-0.2, -0.15) is 0 Å². The molecule has 0 fully saturated rings. The summed E-state index contributed by atoms with van der Waals surface area (Å²) in [4.78, 5) is 0.934. The van der Waals surface area contributed by atoms with Crippen LogP contribution in [0.15, 0.2) is 36.4 Å². The molecular weight excluding hydrogens is 204 g/mol. The molecule has 2 rings (SSSR count). The molecule has 0 amide bonds. The third-order valence-corrected chi connectivity index (χ3v) is 2.60. The van der Waals surface area contributed by atoms with E-state index in [1.165, 1.54) is 0 Å². The van der Waals surface area contributed by atoms with Crippen molar-refractivity contribution in [3.05, 3.63) is 42.0 Å². The van der Waals surface area contributed by atoms with Crippen LogP contribution in [0.2, 0.25) is 0 Å². The molecule has 0 spiro atoms. The van der Waals surface area contributed by atoms with E-state index in [4.69, 9.17) is 23.7 Å². The average Bonchev–Trinajstić information content (AvgIpc) is 2.17. The van der Waals surface area contributed by atoms with Crippen LogP contribution in [0.4, 0.5) is 11.4 Å². The first kappa shape index (κ1) is 9.93. The van der Waals surface area contributed by atoms with Crippen LogP contribution in [-0.2, 0) is 0 Å². The molecule has 1 aromatic rings. The first-order chi connectivity index (χ1) is 7.16. The topological polar surface area (TPSA) is 52.0 Å². The van der Waals surface area contributed by atoms with Crippen LogP contribution in [0.3, 0.4) is 0 Å². The van der Waals surface area contributed by atoms with Gasteiger partial charge in [0.2, 0.25) is 0 Å². The van der Waals surface area contributed by atoms with Crippen LogP contribution in [0.5, 0.6) is 0 Å². The summed E-state index contributed by atoms with van der Waals surface area (Å²) in [6, 6.07) is 5.54. The minimum absolute atomic E-state index is 0.680. The van der Waals surface area contributed by atoms with E-state index < -0.39 is 0 Å². The van der Waals surface area contributed by atoms with Gasteiger partial charge in [-0.15, -0.1) is 0 Å². The van der Waals surface area contributed by atoms with Gasteiger partial charge in [0.15, 0.2) is 0 Å². The van der Waals surface area contributed by atoms with Crippen LogP contribution in [0.1, 0.15) is 12.0 Å². The zero-order valence-electron chi connectivity index (χ0n) is 8.23. The largest absolute Gasteiger partial charge is 0.399 e. The van der Waals surface area contributed by atoms with Crippen LogP contribution >= 0.6 is 12.2 Å². The van der Waals surface area contributed by atoms with E-state index >= 15 is 0 Å². The molecule has 15 heavy (non-hydrogen) atoms. The fourth-order valence-electron chi connectivity index (χ4n) is 1.59. The van der Waals surface area contributed by atoms with Crippen LogP contribution in [0, 0.1) is 0 Å². The third kappa shape index (κ3) is 2.07. The first-order valence-electron chi connectivity index (χ1n) is 4.73. The summed E-state index contributed by atoms with van der Waals surface area (Å²) in [6.45, 7) is 0. The van der Waals surface area contributed by atoms with Crippen molar-refractivity contribution in [3.63, 3.8) is 0 Å². The molecule has 4 N–H and O–H groups in total. The van der Waals surface area contributed by atoms with E-state index in [-0.39, 0.29) is 0 Å². The van der Waals surface area contributed by atoms with Crippen molar-refractivity contribution in [1.29, 1.82) is 0 Å². The maximum absolute atomic E-state index is 5.90. The van der Waals surface area contributed by atoms with Crippen LogP contribution in [-0.4, -0.2) is 4.86 Å². The zero-order chi connectivity index (χ0) is 10.8. The predicted molar refractivity (Wildman–Crippen MR) is 69.6 cm³/mol. The van der Waals surface area contributed by atoms with E-state index in [1.807, 2.05) is 30.4 Å². The van der Waals surface area contributed by atoms with Gasteiger partial charge >= 0.3 is 0 Å². The van der Waals surface area contributed by atoms with Gasteiger partial charge in [-0.3, -0.25) is 0 Å². The number of rotatable bonds is 1. The van der Waals surface area contributed by atoms with Crippen molar-refractivity contribution in [2.24, 2.45) is 0 Å². The van der Waals surface area contributed by atoms with Crippen molar-refractivity contribution in [2.45, 2.75) is 6.42 Å². The monoisotopic (exact) mass is 216 g/mol. The molecule has 0 atom stereocenters. The van der Waals surface area contributed by atoms with E-state index in [9.17, 15) is 0 Å². The number of allylic oxidation sites excluding steroid dienone is 4. The van der Waals surface area contributed by atoms with Gasteiger partial charge in [0.05, 0.1) is 0 Å². The standard InChI is InChI=1S/C12H12N2S/c13-9-4-5-11(12(14)7-9)8-2-1-3-10(15)6-8/h1-2,4-7H,3,13-14H2. The lowest BCUT2D eigenvalue weighted by molar-refractivity contribution is 1.49. The van der Waals surface area contributed by atoms with Gasteiger partial charge in [-0.25, -0.2) is 0 Å². The van der Waals surface area contributed by atoms with Crippen molar-refractivity contribution >= 4 is 34.0 Å². The molecule has 2 nitrogen and oxygen atoms in total. The summed E-state index contributed by atoms with van der Waals surface area (Å²) < 4.78 is 0. The summed E-state index contributed by atoms with van der Waals surface area (Å²) in [7, 11) is 0. The Morgan fingerprint density at radius 1 is 1.20 bits per heavy atom. The molecule has 1 aliphatic rings. The van der Waals surface area contributed by atoms with Crippen molar-refractivity contribution in [1.82, 2.24) is 0 Å². The third-order valence-electron chi connectivity index (χ3n) is 2.32. The summed E-state index contributed by atoms with van der Waals surface area (Å²) in [5.74, 6) is 0. The number of nitrogen functional groups attached to an aromatic ring is 2. The summed E-state index contributed by atoms with van der Waals surface area (Å²) in [5.41, 5.74) is 15.0. The highest BCUT2D eigenvalue weighted by Crippen LogP contribution is 2.26. The molecule has 0 radical (unpaired) electrons. The molecule has 1 aliphatic carbocycles. The Morgan fingerprint density at radius 2 is 2.00 bits per heavy atom. The highest BCUT2D eigenvalue weighted by Gasteiger charge is 2.07. The summed E-state index contributed by atoms with van der Waals surface area (Å²) >= 11 is 5.16. The number of nitrogens with two attached hydrogens (primary N) is 2. The molecule has 0 unspecified atom stereocenters. The van der Waals surface area contributed by atoms with Gasteiger partial charge in [0, 0.05) is 28.2 Å². The fourth-order valence-corrected chi connectivity index (χ4v) is 1.82.